The second-order valence-electron chi connectivity index (χ2n) is 4.20. The Morgan fingerprint density at radius 1 is 1.53 bits per heavy atom. The van der Waals surface area contributed by atoms with Crippen LogP contribution in [0, 0.1) is 0 Å². The van der Waals surface area contributed by atoms with Crippen molar-refractivity contribution in [1.29, 1.82) is 0 Å². The van der Waals surface area contributed by atoms with E-state index < -0.39 is 11.6 Å². The third-order valence-electron chi connectivity index (χ3n) is 2.66. The molecular formula is C11H13N3O3. The Balaban J connectivity index is 2.54. The van der Waals surface area contributed by atoms with Crippen molar-refractivity contribution in [2.24, 2.45) is 0 Å². The number of nitrogens with zero attached hydrogens (tertiary/aromatic N) is 2. The summed E-state index contributed by atoms with van der Waals surface area (Å²) in [6.07, 6.45) is 1.29. The minimum atomic E-state index is -1.01. The van der Waals surface area contributed by atoms with Gasteiger partial charge in [0, 0.05) is 13.3 Å². The molecule has 0 aliphatic rings. The molecule has 6 heteroatoms. The van der Waals surface area contributed by atoms with Gasteiger partial charge in [0.25, 0.3) is 0 Å². The summed E-state index contributed by atoms with van der Waals surface area (Å²) < 4.78 is 5.29. The first-order chi connectivity index (χ1) is 7.94. The molecule has 2 rings (SSSR count). The number of imidazole rings is 1. The van der Waals surface area contributed by atoms with Gasteiger partial charge < -0.3 is 14.8 Å². The van der Waals surface area contributed by atoms with E-state index >= 15 is 0 Å². The zero-order valence-electron chi connectivity index (χ0n) is 9.81. The minimum Gasteiger partial charge on any atom is -0.478 e. The second-order valence-corrected chi connectivity index (χ2v) is 4.20. The molecule has 0 saturated heterocycles. The number of aromatic amines is 1. The lowest BCUT2D eigenvalue weighted by atomic mass is 10.1. The SMILES string of the molecule is COC(C)(C)c1nc2ncc(C(=O)O)cc2[nH]1. The van der Waals surface area contributed by atoms with Gasteiger partial charge in [0.2, 0.25) is 0 Å². The number of fused-ring (bicyclic) bond motifs is 1. The molecule has 0 aliphatic heterocycles. The van der Waals surface area contributed by atoms with Crippen molar-refractivity contribution in [1.82, 2.24) is 15.0 Å². The minimum absolute atomic E-state index is 0.128. The van der Waals surface area contributed by atoms with Gasteiger partial charge in [-0.2, -0.15) is 0 Å². The van der Waals surface area contributed by atoms with Crippen LogP contribution in [0.4, 0.5) is 0 Å². The van der Waals surface area contributed by atoms with Crippen molar-refractivity contribution in [3.8, 4) is 0 Å². The fraction of sp³-hybridized carbons (Fsp3) is 0.364. The maximum atomic E-state index is 10.8. The first-order valence-electron chi connectivity index (χ1n) is 5.09. The van der Waals surface area contributed by atoms with E-state index in [2.05, 4.69) is 15.0 Å². The average molecular weight is 235 g/mol. The molecule has 2 aromatic heterocycles. The zero-order chi connectivity index (χ0) is 12.6. The summed E-state index contributed by atoms with van der Waals surface area (Å²) in [5, 5.41) is 8.86. The van der Waals surface area contributed by atoms with Crippen LogP contribution < -0.4 is 0 Å². The predicted molar refractivity (Wildman–Crippen MR) is 60.9 cm³/mol. The Kier molecular flexibility index (Phi) is 2.59. The second kappa shape index (κ2) is 3.81. The van der Waals surface area contributed by atoms with Crippen LogP contribution in [0.3, 0.4) is 0 Å². The molecule has 0 fully saturated rings. The van der Waals surface area contributed by atoms with Gasteiger partial charge in [0.05, 0.1) is 11.1 Å². The Bertz CT molecular complexity index is 574. The van der Waals surface area contributed by atoms with Crippen molar-refractivity contribution >= 4 is 17.1 Å². The van der Waals surface area contributed by atoms with E-state index in [-0.39, 0.29) is 5.56 Å². The summed E-state index contributed by atoms with van der Waals surface area (Å²) in [7, 11) is 1.59. The summed E-state index contributed by atoms with van der Waals surface area (Å²) in [5.41, 5.74) is 0.632. The number of carboxylic acids is 1. The molecule has 2 N–H and O–H groups in total. The van der Waals surface area contributed by atoms with Crippen LogP contribution in [0.25, 0.3) is 11.2 Å². The van der Waals surface area contributed by atoms with E-state index in [4.69, 9.17) is 9.84 Å². The molecule has 0 aromatic carbocycles. The van der Waals surface area contributed by atoms with Crippen molar-refractivity contribution in [2.45, 2.75) is 19.4 Å². The van der Waals surface area contributed by atoms with Crippen LogP contribution in [-0.2, 0) is 10.3 Å². The number of rotatable bonds is 3. The molecule has 0 atom stereocenters. The molecule has 2 heterocycles. The van der Waals surface area contributed by atoms with Crippen molar-refractivity contribution < 1.29 is 14.6 Å². The Hall–Kier alpha value is -1.95. The van der Waals surface area contributed by atoms with E-state index in [1.54, 1.807) is 7.11 Å². The fourth-order valence-electron chi connectivity index (χ4n) is 1.40. The van der Waals surface area contributed by atoms with Crippen molar-refractivity contribution in [2.75, 3.05) is 7.11 Å². The molecule has 0 radical (unpaired) electrons. The number of nitrogens with one attached hydrogen (secondary N) is 1. The van der Waals surface area contributed by atoms with E-state index in [0.29, 0.717) is 17.0 Å². The van der Waals surface area contributed by atoms with Crippen LogP contribution in [0.2, 0.25) is 0 Å². The molecule has 0 saturated carbocycles. The summed E-state index contributed by atoms with van der Waals surface area (Å²) >= 11 is 0. The van der Waals surface area contributed by atoms with Crippen molar-refractivity contribution in [3.63, 3.8) is 0 Å². The quantitative estimate of drug-likeness (QED) is 0.842. The highest BCUT2D eigenvalue weighted by Crippen LogP contribution is 2.23. The number of H-pyrrole nitrogens is 1. The molecule has 0 unspecified atom stereocenters. The Morgan fingerprint density at radius 3 is 2.82 bits per heavy atom. The van der Waals surface area contributed by atoms with Gasteiger partial charge >= 0.3 is 5.97 Å². The monoisotopic (exact) mass is 235 g/mol. The summed E-state index contributed by atoms with van der Waals surface area (Å²) in [6.45, 7) is 3.73. The maximum absolute atomic E-state index is 10.8. The molecule has 0 spiro atoms. The van der Waals surface area contributed by atoms with Crippen LogP contribution in [0.1, 0.15) is 30.0 Å². The van der Waals surface area contributed by atoms with Crippen LogP contribution in [0.5, 0.6) is 0 Å². The molecule has 0 aliphatic carbocycles. The maximum Gasteiger partial charge on any atom is 0.337 e. The molecule has 0 bridgehead atoms. The molecule has 90 valence electrons. The number of ether oxygens (including phenoxy) is 1. The largest absolute Gasteiger partial charge is 0.478 e. The average Bonchev–Trinajstić information content (AvgIpc) is 2.72. The van der Waals surface area contributed by atoms with Crippen LogP contribution in [0.15, 0.2) is 12.3 Å². The highest BCUT2D eigenvalue weighted by molar-refractivity contribution is 5.90. The topological polar surface area (TPSA) is 88.1 Å². The lowest BCUT2D eigenvalue weighted by molar-refractivity contribution is 0.0124. The summed E-state index contributed by atoms with van der Waals surface area (Å²) in [4.78, 5) is 22.1. The van der Waals surface area contributed by atoms with E-state index in [1.165, 1.54) is 12.3 Å². The number of aromatic nitrogens is 3. The van der Waals surface area contributed by atoms with Crippen molar-refractivity contribution in [3.05, 3.63) is 23.7 Å². The number of pyridine rings is 1. The smallest absolute Gasteiger partial charge is 0.337 e. The Labute approximate surface area is 97.7 Å². The normalized spacial score (nSPS) is 11.9. The third-order valence-corrected chi connectivity index (χ3v) is 2.66. The molecular weight excluding hydrogens is 222 g/mol. The predicted octanol–water partition coefficient (Wildman–Crippen LogP) is 1.54. The fourth-order valence-corrected chi connectivity index (χ4v) is 1.40. The number of aromatic carboxylic acids is 1. The zero-order valence-corrected chi connectivity index (χ0v) is 9.81. The number of methoxy groups -OCH3 is 1. The van der Waals surface area contributed by atoms with Gasteiger partial charge in [-0.1, -0.05) is 0 Å². The molecule has 17 heavy (non-hydrogen) atoms. The number of carboxylic acid groups (broad SMARTS) is 1. The molecule has 2 aromatic rings. The van der Waals surface area contributed by atoms with E-state index in [9.17, 15) is 4.79 Å². The van der Waals surface area contributed by atoms with Gasteiger partial charge in [-0.25, -0.2) is 14.8 Å². The Morgan fingerprint density at radius 2 is 2.24 bits per heavy atom. The van der Waals surface area contributed by atoms with Crippen LogP contribution in [-0.4, -0.2) is 33.1 Å². The van der Waals surface area contributed by atoms with Gasteiger partial charge in [0.1, 0.15) is 11.4 Å². The number of hydrogen-bond donors (Lipinski definition) is 2. The van der Waals surface area contributed by atoms with Crippen LogP contribution >= 0.6 is 0 Å². The molecule has 0 amide bonds. The highest BCUT2D eigenvalue weighted by Gasteiger charge is 2.24. The first kappa shape index (κ1) is 11.5. The highest BCUT2D eigenvalue weighted by atomic mass is 16.5. The van der Waals surface area contributed by atoms with Gasteiger partial charge in [-0.05, 0) is 19.9 Å². The lowest BCUT2D eigenvalue weighted by Crippen LogP contribution is -2.21. The van der Waals surface area contributed by atoms with Gasteiger partial charge in [-0.3, -0.25) is 0 Å². The summed E-state index contributed by atoms with van der Waals surface area (Å²) in [5.74, 6) is -0.397. The van der Waals surface area contributed by atoms with E-state index in [1.807, 2.05) is 13.8 Å². The number of carbonyl (C=O) groups is 1. The van der Waals surface area contributed by atoms with Gasteiger partial charge in [0.15, 0.2) is 5.65 Å². The third kappa shape index (κ3) is 1.99. The van der Waals surface area contributed by atoms with Gasteiger partial charge in [-0.15, -0.1) is 0 Å². The molecule has 6 nitrogen and oxygen atoms in total. The lowest BCUT2D eigenvalue weighted by Gasteiger charge is -2.19. The standard InChI is InChI=1S/C11H13N3O3/c1-11(2,17-3)10-13-7-4-6(9(15)16)5-12-8(7)14-10/h4-5H,1-3H3,(H,15,16)(H,12,13,14). The van der Waals surface area contributed by atoms with E-state index in [0.717, 1.165) is 0 Å². The summed E-state index contributed by atoms with van der Waals surface area (Å²) in [6, 6.07) is 1.51. The number of hydrogen-bond acceptors (Lipinski definition) is 4. The first-order valence-corrected chi connectivity index (χ1v) is 5.09.